The zero-order valence-electron chi connectivity index (χ0n) is 7.12. The summed E-state index contributed by atoms with van der Waals surface area (Å²) >= 11 is 1.41. The lowest BCUT2D eigenvalue weighted by Crippen LogP contribution is -1.88. The Balaban J connectivity index is 2.75. The minimum atomic E-state index is -0.683. The van der Waals surface area contributed by atoms with Crippen LogP contribution >= 0.6 is 11.3 Å². The molecule has 1 N–H and O–H groups in total. The number of halogens is 1. The monoisotopic (exact) mass is 207 g/mol. The molecule has 0 atom stereocenters. The number of phenols is 1. The highest BCUT2D eigenvalue weighted by Gasteiger charge is 2.12. The van der Waals surface area contributed by atoms with E-state index in [0.29, 0.717) is 5.39 Å². The molecule has 0 aliphatic rings. The summed E-state index contributed by atoms with van der Waals surface area (Å²) < 4.78 is 14.2. The van der Waals surface area contributed by atoms with E-state index in [0.717, 1.165) is 4.70 Å². The lowest BCUT2D eigenvalue weighted by molar-refractivity contribution is 0.436. The van der Waals surface area contributed by atoms with Gasteiger partial charge in [0.25, 0.3) is 0 Å². The Kier molecular flexibility index (Phi) is 2.10. The summed E-state index contributed by atoms with van der Waals surface area (Å²) in [6, 6.07) is 5.13. The molecule has 0 fully saturated rings. The number of rotatable bonds is 1. The van der Waals surface area contributed by atoms with Crippen molar-refractivity contribution in [2.24, 2.45) is 0 Å². The van der Waals surface area contributed by atoms with Crippen molar-refractivity contribution in [1.82, 2.24) is 0 Å². The van der Waals surface area contributed by atoms with Gasteiger partial charge in [-0.3, -0.25) is 0 Å². The van der Waals surface area contributed by atoms with E-state index in [9.17, 15) is 9.50 Å². The van der Waals surface area contributed by atoms with Crippen LogP contribution in [0.5, 0.6) is 5.75 Å². The zero-order chi connectivity index (χ0) is 10.1. The first-order valence-electron chi connectivity index (χ1n) is 3.98. The van der Waals surface area contributed by atoms with Crippen LogP contribution < -0.4 is 0 Å². The molecule has 14 heavy (non-hydrogen) atoms. The van der Waals surface area contributed by atoms with E-state index in [1.54, 1.807) is 17.5 Å². The fraction of sp³-hybridized carbons (Fsp3) is 0.100. The molecule has 0 aliphatic heterocycles. The van der Waals surface area contributed by atoms with Gasteiger partial charge >= 0.3 is 0 Å². The van der Waals surface area contributed by atoms with Crippen LogP contribution in [0.15, 0.2) is 17.5 Å². The molecule has 0 spiro atoms. The molecule has 0 saturated heterocycles. The topological polar surface area (TPSA) is 44.0 Å². The van der Waals surface area contributed by atoms with Crippen molar-refractivity contribution in [2.75, 3.05) is 0 Å². The first kappa shape index (κ1) is 8.97. The molecule has 70 valence electrons. The average Bonchev–Trinajstić information content (AvgIpc) is 2.62. The summed E-state index contributed by atoms with van der Waals surface area (Å²) in [5.74, 6) is -1.04. The standard InChI is InChI=1S/C10H6FNOS/c11-9-6(1-3-12)5-8-7(10(9)13)2-4-14-8/h2,4-5,13H,1H2. The summed E-state index contributed by atoms with van der Waals surface area (Å²) in [4.78, 5) is 0. The number of thiophene rings is 1. The van der Waals surface area contributed by atoms with Crippen LogP contribution in [0, 0.1) is 17.1 Å². The zero-order valence-corrected chi connectivity index (χ0v) is 7.94. The smallest absolute Gasteiger partial charge is 0.169 e. The second kappa shape index (κ2) is 3.28. The number of hydrogen-bond donors (Lipinski definition) is 1. The third-order valence-corrected chi connectivity index (χ3v) is 2.88. The minimum Gasteiger partial charge on any atom is -0.504 e. The maximum Gasteiger partial charge on any atom is 0.169 e. The summed E-state index contributed by atoms with van der Waals surface area (Å²) in [6.45, 7) is 0. The van der Waals surface area contributed by atoms with Crippen molar-refractivity contribution >= 4 is 21.4 Å². The van der Waals surface area contributed by atoms with Crippen LogP contribution in [0.4, 0.5) is 4.39 Å². The van der Waals surface area contributed by atoms with Crippen molar-refractivity contribution in [2.45, 2.75) is 6.42 Å². The number of benzene rings is 1. The van der Waals surface area contributed by atoms with Gasteiger partial charge in [-0.15, -0.1) is 11.3 Å². The molecule has 0 amide bonds. The highest BCUT2D eigenvalue weighted by Crippen LogP contribution is 2.33. The molecule has 0 saturated carbocycles. The van der Waals surface area contributed by atoms with Crippen molar-refractivity contribution < 1.29 is 9.50 Å². The normalized spacial score (nSPS) is 10.3. The van der Waals surface area contributed by atoms with E-state index < -0.39 is 5.82 Å². The van der Waals surface area contributed by atoms with E-state index in [2.05, 4.69) is 0 Å². The quantitative estimate of drug-likeness (QED) is 0.781. The number of nitrogens with zero attached hydrogens (tertiary/aromatic N) is 1. The Hall–Kier alpha value is -1.60. The van der Waals surface area contributed by atoms with Crippen LogP contribution in [0.25, 0.3) is 10.1 Å². The van der Waals surface area contributed by atoms with E-state index in [1.807, 2.05) is 6.07 Å². The van der Waals surface area contributed by atoms with Gasteiger partial charge in [0, 0.05) is 15.6 Å². The summed E-state index contributed by atoms with van der Waals surface area (Å²) in [7, 11) is 0. The van der Waals surface area contributed by atoms with Gasteiger partial charge in [-0.05, 0) is 17.5 Å². The number of aromatic hydroxyl groups is 1. The summed E-state index contributed by atoms with van der Waals surface area (Å²) in [6.07, 6.45) is -0.0206. The largest absolute Gasteiger partial charge is 0.504 e. The molecule has 2 nitrogen and oxygen atoms in total. The van der Waals surface area contributed by atoms with Crippen molar-refractivity contribution in [3.05, 3.63) is 28.9 Å². The maximum atomic E-state index is 13.4. The molecule has 0 aliphatic carbocycles. The van der Waals surface area contributed by atoms with Crippen LogP contribution in [0.1, 0.15) is 5.56 Å². The van der Waals surface area contributed by atoms with Crippen LogP contribution in [0.2, 0.25) is 0 Å². The lowest BCUT2D eigenvalue weighted by atomic mass is 10.1. The Labute approximate surface area is 83.8 Å². The Morgan fingerprint density at radius 3 is 3.07 bits per heavy atom. The molecule has 0 unspecified atom stereocenters. The van der Waals surface area contributed by atoms with Crippen LogP contribution in [-0.2, 0) is 6.42 Å². The predicted octanol–water partition coefficient (Wildman–Crippen LogP) is 2.81. The van der Waals surface area contributed by atoms with E-state index in [-0.39, 0.29) is 17.7 Å². The third-order valence-electron chi connectivity index (χ3n) is 2.01. The Morgan fingerprint density at radius 1 is 1.57 bits per heavy atom. The van der Waals surface area contributed by atoms with E-state index >= 15 is 0 Å². The van der Waals surface area contributed by atoms with Gasteiger partial charge in [-0.2, -0.15) is 5.26 Å². The highest BCUT2D eigenvalue weighted by atomic mass is 32.1. The Morgan fingerprint density at radius 2 is 2.36 bits per heavy atom. The van der Waals surface area contributed by atoms with Crippen molar-refractivity contribution in [3.8, 4) is 11.8 Å². The van der Waals surface area contributed by atoms with Gasteiger partial charge < -0.3 is 5.11 Å². The van der Waals surface area contributed by atoms with Crippen molar-refractivity contribution in [1.29, 1.82) is 5.26 Å². The average molecular weight is 207 g/mol. The fourth-order valence-electron chi connectivity index (χ4n) is 1.33. The maximum absolute atomic E-state index is 13.4. The first-order valence-corrected chi connectivity index (χ1v) is 4.86. The molecule has 2 aromatic rings. The predicted molar refractivity (Wildman–Crippen MR) is 52.8 cm³/mol. The molecule has 0 radical (unpaired) electrons. The summed E-state index contributed by atoms with van der Waals surface area (Å²) in [5.41, 5.74) is 0.250. The summed E-state index contributed by atoms with van der Waals surface area (Å²) in [5, 5.41) is 20.2. The second-order valence-electron chi connectivity index (χ2n) is 2.87. The second-order valence-corrected chi connectivity index (χ2v) is 3.81. The van der Waals surface area contributed by atoms with Crippen LogP contribution in [0.3, 0.4) is 0 Å². The van der Waals surface area contributed by atoms with Gasteiger partial charge in [0.2, 0.25) is 0 Å². The molecular formula is C10H6FNOS. The lowest BCUT2D eigenvalue weighted by Gasteiger charge is -2.02. The molecular weight excluding hydrogens is 201 g/mol. The van der Waals surface area contributed by atoms with Gasteiger partial charge in [-0.1, -0.05) is 0 Å². The van der Waals surface area contributed by atoms with E-state index in [1.165, 1.54) is 11.3 Å². The number of nitriles is 1. The molecule has 0 bridgehead atoms. The highest BCUT2D eigenvalue weighted by molar-refractivity contribution is 7.17. The first-order chi connectivity index (χ1) is 6.74. The molecule has 1 aromatic carbocycles. The molecule has 2 rings (SSSR count). The van der Waals surface area contributed by atoms with E-state index in [4.69, 9.17) is 5.26 Å². The number of fused-ring (bicyclic) bond motifs is 1. The van der Waals surface area contributed by atoms with Gasteiger partial charge in [-0.25, -0.2) is 4.39 Å². The molecule has 4 heteroatoms. The van der Waals surface area contributed by atoms with Gasteiger partial charge in [0.15, 0.2) is 11.6 Å². The number of hydrogen-bond acceptors (Lipinski definition) is 3. The third kappa shape index (κ3) is 1.22. The van der Waals surface area contributed by atoms with Crippen molar-refractivity contribution in [3.63, 3.8) is 0 Å². The Bertz CT molecular complexity index is 527. The number of phenolic OH excluding ortho intramolecular Hbond substituents is 1. The van der Waals surface area contributed by atoms with Crippen LogP contribution in [-0.4, -0.2) is 5.11 Å². The van der Waals surface area contributed by atoms with Gasteiger partial charge in [0.05, 0.1) is 12.5 Å². The fourth-order valence-corrected chi connectivity index (χ4v) is 2.19. The molecule has 1 aromatic heterocycles. The minimum absolute atomic E-state index is 0.0206. The molecule has 1 heterocycles. The SMILES string of the molecule is N#CCc1cc2sccc2c(O)c1F. The van der Waals surface area contributed by atoms with Gasteiger partial charge in [0.1, 0.15) is 0 Å².